The first-order valence-electron chi connectivity index (χ1n) is 7.68. The summed E-state index contributed by atoms with van der Waals surface area (Å²) < 4.78 is 46.4. The van der Waals surface area contributed by atoms with Crippen molar-refractivity contribution >= 4 is 11.7 Å². The zero-order chi connectivity index (χ0) is 17.9. The van der Waals surface area contributed by atoms with Crippen molar-refractivity contribution in [1.82, 2.24) is 10.3 Å². The molecular weight excluding hydrogens is 335 g/mol. The minimum atomic E-state index is -3.39. The number of aromatic nitrogens is 1. The number of carbonyl (C=O) groups excluding carboxylic acids is 1. The van der Waals surface area contributed by atoms with Crippen molar-refractivity contribution in [1.29, 1.82) is 0 Å². The van der Waals surface area contributed by atoms with Gasteiger partial charge in [0.15, 0.2) is 0 Å². The van der Waals surface area contributed by atoms with Crippen LogP contribution in [-0.2, 0) is 23.7 Å². The molecule has 5 nitrogen and oxygen atoms in total. The molecule has 0 fully saturated rings. The van der Waals surface area contributed by atoms with E-state index in [1.165, 1.54) is 12.3 Å². The third kappa shape index (κ3) is 4.27. The minimum absolute atomic E-state index is 0.385. The molecule has 1 aliphatic heterocycles. The maximum atomic E-state index is 14.0. The molecule has 2 N–H and O–H groups in total. The summed E-state index contributed by atoms with van der Waals surface area (Å²) in [5.41, 5.74) is 1.64. The highest BCUT2D eigenvalue weighted by Gasteiger charge is 2.32. The Morgan fingerprint density at radius 2 is 2.16 bits per heavy atom. The van der Waals surface area contributed by atoms with Gasteiger partial charge in [0.2, 0.25) is 0 Å². The average Bonchev–Trinajstić information content (AvgIpc) is 2.60. The van der Waals surface area contributed by atoms with Gasteiger partial charge in [-0.2, -0.15) is 8.78 Å². The lowest BCUT2D eigenvalue weighted by Crippen LogP contribution is -2.37. The summed E-state index contributed by atoms with van der Waals surface area (Å²) >= 11 is 0. The fraction of sp³-hybridized carbons (Fsp3) is 0.294. The number of carbonyl (C=O) groups is 1. The number of urea groups is 1. The number of hydrogen-bond donors (Lipinski definition) is 2. The summed E-state index contributed by atoms with van der Waals surface area (Å²) in [5.74, 6) is -4.15. The van der Waals surface area contributed by atoms with Crippen LogP contribution in [0.3, 0.4) is 0 Å². The number of fused-ring (bicyclic) bond motifs is 1. The molecule has 2 aromatic rings. The van der Waals surface area contributed by atoms with E-state index in [1.54, 1.807) is 6.07 Å². The first-order chi connectivity index (χ1) is 11.9. The lowest BCUT2D eigenvalue weighted by Gasteiger charge is -2.19. The van der Waals surface area contributed by atoms with E-state index in [4.69, 9.17) is 4.74 Å². The number of halogens is 3. The quantitative estimate of drug-likeness (QED) is 0.889. The van der Waals surface area contributed by atoms with Crippen molar-refractivity contribution in [2.45, 2.75) is 19.0 Å². The normalized spacial score (nSPS) is 13.9. The number of amides is 2. The number of ether oxygens (including phenoxy) is 1. The molecule has 0 bridgehead atoms. The second-order valence-corrected chi connectivity index (χ2v) is 5.65. The summed E-state index contributed by atoms with van der Waals surface area (Å²) in [5, 5.41) is 4.54. The van der Waals surface area contributed by atoms with Gasteiger partial charge in [0.1, 0.15) is 5.82 Å². The van der Waals surface area contributed by atoms with E-state index in [1.807, 2.05) is 0 Å². The van der Waals surface area contributed by atoms with Crippen LogP contribution >= 0.6 is 0 Å². The molecule has 1 aliphatic rings. The predicted octanol–water partition coefficient (Wildman–Crippen LogP) is 3.21. The Kier molecular flexibility index (Phi) is 4.89. The molecule has 0 saturated carbocycles. The molecule has 0 unspecified atom stereocenters. The molecule has 1 aromatic carbocycles. The van der Waals surface area contributed by atoms with Gasteiger partial charge in [0.05, 0.1) is 31.6 Å². The zero-order valence-corrected chi connectivity index (χ0v) is 13.2. The molecule has 2 heterocycles. The Morgan fingerprint density at radius 1 is 1.32 bits per heavy atom. The Bertz CT molecular complexity index is 783. The van der Waals surface area contributed by atoms with E-state index in [2.05, 4.69) is 15.6 Å². The second kappa shape index (κ2) is 7.10. The zero-order valence-electron chi connectivity index (χ0n) is 13.2. The highest BCUT2D eigenvalue weighted by molar-refractivity contribution is 5.89. The molecule has 0 radical (unpaired) electrons. The van der Waals surface area contributed by atoms with Crippen LogP contribution in [0.2, 0.25) is 0 Å². The van der Waals surface area contributed by atoms with Crippen LogP contribution in [0.25, 0.3) is 0 Å². The van der Waals surface area contributed by atoms with E-state index in [0.29, 0.717) is 25.3 Å². The molecule has 25 heavy (non-hydrogen) atoms. The highest BCUT2D eigenvalue weighted by atomic mass is 19.3. The van der Waals surface area contributed by atoms with Gasteiger partial charge in [-0.05, 0) is 18.2 Å². The van der Waals surface area contributed by atoms with Crippen LogP contribution < -0.4 is 10.6 Å². The first kappa shape index (κ1) is 17.2. The van der Waals surface area contributed by atoms with Crippen LogP contribution in [0.4, 0.5) is 23.7 Å². The summed E-state index contributed by atoms with van der Waals surface area (Å²) in [7, 11) is 0. The summed E-state index contributed by atoms with van der Waals surface area (Å²) in [6.45, 7) is 0.0449. The largest absolute Gasteiger partial charge is 0.376 e. The Balaban J connectivity index is 1.59. The van der Waals surface area contributed by atoms with Gasteiger partial charge in [-0.25, -0.2) is 9.18 Å². The number of anilines is 1. The molecule has 3 rings (SSSR count). The van der Waals surface area contributed by atoms with Crippen molar-refractivity contribution in [3.8, 4) is 0 Å². The molecule has 2 amide bonds. The number of rotatable bonds is 4. The fourth-order valence-corrected chi connectivity index (χ4v) is 2.49. The number of alkyl halides is 2. The maximum Gasteiger partial charge on any atom is 0.319 e. The van der Waals surface area contributed by atoms with Gasteiger partial charge in [-0.1, -0.05) is 12.1 Å². The number of nitrogens with zero attached hydrogens (tertiary/aromatic N) is 1. The molecule has 0 saturated heterocycles. The minimum Gasteiger partial charge on any atom is -0.376 e. The molecule has 0 spiro atoms. The van der Waals surface area contributed by atoms with E-state index in [-0.39, 0.29) is 0 Å². The van der Waals surface area contributed by atoms with Crippen molar-refractivity contribution in [2.75, 3.05) is 18.5 Å². The van der Waals surface area contributed by atoms with Gasteiger partial charge in [-0.3, -0.25) is 4.98 Å². The standard InChI is InChI=1S/C17H16F3N3O2/c18-13-3-1-2-12(7-13)17(19,20)10-22-16(24)23-14-6-11-9-25-5-4-15(11)21-8-14/h1-3,6-8H,4-5,9-10H2,(H2,22,23,24). The van der Waals surface area contributed by atoms with Gasteiger partial charge >= 0.3 is 6.03 Å². The van der Waals surface area contributed by atoms with Gasteiger partial charge in [0.25, 0.3) is 5.92 Å². The maximum absolute atomic E-state index is 14.0. The van der Waals surface area contributed by atoms with Crippen molar-refractivity contribution in [3.05, 3.63) is 59.2 Å². The fourth-order valence-electron chi connectivity index (χ4n) is 2.49. The van der Waals surface area contributed by atoms with E-state index < -0.39 is 29.9 Å². The predicted molar refractivity (Wildman–Crippen MR) is 84.9 cm³/mol. The number of benzene rings is 1. The molecule has 0 aliphatic carbocycles. The lowest BCUT2D eigenvalue weighted by atomic mass is 10.1. The van der Waals surface area contributed by atoms with Crippen LogP contribution in [-0.4, -0.2) is 24.2 Å². The summed E-state index contributed by atoms with van der Waals surface area (Å²) in [6, 6.07) is 5.02. The average molecular weight is 351 g/mol. The third-order valence-corrected chi connectivity index (χ3v) is 3.78. The number of hydrogen-bond acceptors (Lipinski definition) is 3. The topological polar surface area (TPSA) is 63.2 Å². The van der Waals surface area contributed by atoms with Crippen molar-refractivity contribution < 1.29 is 22.7 Å². The lowest BCUT2D eigenvalue weighted by molar-refractivity contribution is -0.000372. The van der Waals surface area contributed by atoms with Gasteiger partial charge in [0, 0.05) is 23.2 Å². The van der Waals surface area contributed by atoms with Crippen molar-refractivity contribution in [2.24, 2.45) is 0 Å². The monoisotopic (exact) mass is 351 g/mol. The Hall–Kier alpha value is -2.61. The van der Waals surface area contributed by atoms with Gasteiger partial charge in [-0.15, -0.1) is 0 Å². The van der Waals surface area contributed by atoms with E-state index in [9.17, 15) is 18.0 Å². The van der Waals surface area contributed by atoms with Crippen LogP contribution in [0.1, 0.15) is 16.8 Å². The highest BCUT2D eigenvalue weighted by Crippen LogP contribution is 2.27. The number of pyridine rings is 1. The second-order valence-electron chi connectivity index (χ2n) is 5.65. The molecule has 1 aromatic heterocycles. The van der Waals surface area contributed by atoms with Gasteiger partial charge < -0.3 is 15.4 Å². The summed E-state index contributed by atoms with van der Waals surface area (Å²) in [4.78, 5) is 16.1. The first-order valence-corrected chi connectivity index (χ1v) is 7.68. The molecule has 8 heteroatoms. The number of nitrogens with one attached hydrogen (secondary N) is 2. The molecular formula is C17H16F3N3O2. The van der Waals surface area contributed by atoms with E-state index >= 15 is 0 Å². The Morgan fingerprint density at radius 3 is 2.96 bits per heavy atom. The smallest absolute Gasteiger partial charge is 0.319 e. The SMILES string of the molecule is O=C(NCC(F)(F)c1cccc(F)c1)Nc1cnc2c(c1)COCC2. The van der Waals surface area contributed by atoms with Crippen LogP contribution in [0.15, 0.2) is 36.5 Å². The summed E-state index contributed by atoms with van der Waals surface area (Å²) in [6.07, 6.45) is 2.16. The molecule has 132 valence electrons. The van der Waals surface area contributed by atoms with Crippen LogP contribution in [0, 0.1) is 5.82 Å². The van der Waals surface area contributed by atoms with Crippen LogP contribution in [0.5, 0.6) is 0 Å². The third-order valence-electron chi connectivity index (χ3n) is 3.78. The van der Waals surface area contributed by atoms with Crippen molar-refractivity contribution in [3.63, 3.8) is 0 Å². The Labute approximate surface area is 142 Å². The van der Waals surface area contributed by atoms with E-state index in [0.717, 1.165) is 29.5 Å². The molecule has 0 atom stereocenters.